The summed E-state index contributed by atoms with van der Waals surface area (Å²) in [7, 11) is 0. The van der Waals surface area contributed by atoms with E-state index >= 15 is 0 Å². The average molecular weight is 273 g/mol. The molecule has 0 amide bonds. The van der Waals surface area contributed by atoms with Crippen LogP contribution < -0.4 is 0 Å². The minimum absolute atomic E-state index is 0.175. The number of fused-ring (bicyclic) bond motifs is 2. The van der Waals surface area contributed by atoms with Gasteiger partial charge in [-0.05, 0) is 35.8 Å². The van der Waals surface area contributed by atoms with Gasteiger partial charge >= 0.3 is 0 Å². The highest BCUT2D eigenvalue weighted by Crippen LogP contribution is 2.50. The lowest BCUT2D eigenvalue weighted by Gasteiger charge is -2.25. The first-order valence-corrected chi connectivity index (χ1v) is 7.16. The van der Waals surface area contributed by atoms with Crippen molar-refractivity contribution in [1.82, 2.24) is 0 Å². The molecule has 102 valence electrons. The molecule has 21 heavy (non-hydrogen) atoms. The fraction of sp³-hybridized carbons (Fsp3) is 0.158. The van der Waals surface area contributed by atoms with Gasteiger partial charge < -0.3 is 0 Å². The molecule has 0 aromatic heterocycles. The number of benzene rings is 2. The zero-order valence-electron chi connectivity index (χ0n) is 11.8. The highest BCUT2D eigenvalue weighted by molar-refractivity contribution is 6.15. The zero-order valence-corrected chi connectivity index (χ0v) is 11.8. The smallest absolute Gasteiger partial charge is 0.157 e. The number of aliphatic imine (C=N–C) groups is 1. The van der Waals surface area contributed by atoms with Gasteiger partial charge in [0.15, 0.2) is 5.78 Å². The van der Waals surface area contributed by atoms with E-state index in [0.29, 0.717) is 6.42 Å². The lowest BCUT2D eigenvalue weighted by atomic mass is 9.74. The van der Waals surface area contributed by atoms with Gasteiger partial charge in [0.25, 0.3) is 0 Å². The molecule has 0 fully saturated rings. The summed E-state index contributed by atoms with van der Waals surface area (Å²) < 4.78 is 0. The van der Waals surface area contributed by atoms with Crippen LogP contribution in [0.1, 0.15) is 23.1 Å². The molecule has 2 aliphatic rings. The number of carbonyl (C=O) groups excluding carboxylic acids is 1. The summed E-state index contributed by atoms with van der Waals surface area (Å²) in [5, 5.41) is 0. The van der Waals surface area contributed by atoms with Crippen LogP contribution in [-0.2, 0) is 10.2 Å². The van der Waals surface area contributed by atoms with Crippen molar-refractivity contribution >= 4 is 23.3 Å². The van der Waals surface area contributed by atoms with Gasteiger partial charge in [-0.1, -0.05) is 48.0 Å². The van der Waals surface area contributed by atoms with E-state index in [1.165, 1.54) is 5.56 Å². The van der Waals surface area contributed by atoms with Crippen molar-refractivity contribution in [1.29, 1.82) is 0 Å². The predicted octanol–water partition coefficient (Wildman–Crippen LogP) is 4.01. The molecule has 0 saturated carbocycles. The molecule has 2 nitrogen and oxygen atoms in total. The van der Waals surface area contributed by atoms with Crippen molar-refractivity contribution in [2.45, 2.75) is 18.8 Å². The van der Waals surface area contributed by atoms with Gasteiger partial charge in [-0.25, -0.2) is 0 Å². The largest absolute Gasteiger partial charge is 0.295 e. The van der Waals surface area contributed by atoms with E-state index in [0.717, 1.165) is 22.4 Å². The van der Waals surface area contributed by atoms with Crippen molar-refractivity contribution in [3.63, 3.8) is 0 Å². The Bertz CT molecular complexity index is 799. The molecule has 1 aliphatic carbocycles. The van der Waals surface area contributed by atoms with E-state index in [9.17, 15) is 4.79 Å². The molecule has 0 bridgehead atoms. The number of hydrogen-bond donors (Lipinski definition) is 0. The van der Waals surface area contributed by atoms with Crippen LogP contribution in [-0.4, -0.2) is 12.0 Å². The summed E-state index contributed by atoms with van der Waals surface area (Å²) in [5.74, 6) is 0.175. The molecule has 2 aromatic carbocycles. The standard InChI is InChI=1S/C19H15NO/c1-13-6-8-14(9-7-13)17-10-15(21)11-19(17)12-20-18-5-3-2-4-16(18)19/h2-10,12H,11H2,1H3. The minimum Gasteiger partial charge on any atom is -0.295 e. The third-order valence-electron chi connectivity index (χ3n) is 4.41. The molecule has 0 radical (unpaired) electrons. The lowest BCUT2D eigenvalue weighted by molar-refractivity contribution is -0.114. The number of nitrogens with zero attached hydrogens (tertiary/aromatic N) is 1. The first-order chi connectivity index (χ1) is 10.2. The van der Waals surface area contributed by atoms with Crippen LogP contribution in [0.15, 0.2) is 59.6 Å². The monoisotopic (exact) mass is 273 g/mol. The van der Waals surface area contributed by atoms with Crippen molar-refractivity contribution in [3.05, 3.63) is 71.3 Å². The Hall–Kier alpha value is -2.48. The fourth-order valence-electron chi connectivity index (χ4n) is 3.35. The van der Waals surface area contributed by atoms with Crippen LogP contribution in [0, 0.1) is 6.92 Å². The third kappa shape index (κ3) is 1.72. The van der Waals surface area contributed by atoms with E-state index in [2.05, 4.69) is 42.2 Å². The summed E-state index contributed by atoms with van der Waals surface area (Å²) in [6.45, 7) is 2.07. The molecule has 1 aliphatic heterocycles. The first-order valence-electron chi connectivity index (χ1n) is 7.16. The van der Waals surface area contributed by atoms with Crippen LogP contribution >= 0.6 is 0 Å². The number of para-hydroxylation sites is 1. The molecule has 2 aromatic rings. The second-order valence-electron chi connectivity index (χ2n) is 5.81. The Morgan fingerprint density at radius 3 is 2.62 bits per heavy atom. The molecule has 1 spiro atoms. The zero-order chi connectivity index (χ0) is 14.4. The van der Waals surface area contributed by atoms with E-state index in [1.54, 1.807) is 6.08 Å². The Morgan fingerprint density at radius 1 is 1.05 bits per heavy atom. The van der Waals surface area contributed by atoms with Crippen LogP contribution in [0.25, 0.3) is 5.57 Å². The quantitative estimate of drug-likeness (QED) is 0.772. The fourth-order valence-corrected chi connectivity index (χ4v) is 3.35. The summed E-state index contributed by atoms with van der Waals surface area (Å²) in [5.41, 5.74) is 5.14. The van der Waals surface area contributed by atoms with Crippen LogP contribution in [0.4, 0.5) is 5.69 Å². The SMILES string of the molecule is Cc1ccc(C2=CC(=O)CC23C=Nc2ccccc23)cc1. The van der Waals surface area contributed by atoms with Crippen LogP contribution in [0.2, 0.25) is 0 Å². The molecule has 2 heteroatoms. The van der Waals surface area contributed by atoms with Gasteiger partial charge in [-0.3, -0.25) is 9.79 Å². The molecule has 0 N–H and O–H groups in total. The number of aryl methyl sites for hydroxylation is 1. The van der Waals surface area contributed by atoms with Gasteiger partial charge in [0, 0.05) is 12.6 Å². The molecular weight excluding hydrogens is 258 g/mol. The van der Waals surface area contributed by atoms with Gasteiger partial charge in [0.1, 0.15) is 0 Å². The lowest BCUT2D eigenvalue weighted by Crippen LogP contribution is -2.25. The van der Waals surface area contributed by atoms with Gasteiger partial charge in [0.2, 0.25) is 0 Å². The molecule has 1 atom stereocenters. The first kappa shape index (κ1) is 12.3. The highest BCUT2D eigenvalue weighted by Gasteiger charge is 2.45. The van der Waals surface area contributed by atoms with Crippen molar-refractivity contribution in [2.24, 2.45) is 4.99 Å². The number of ketones is 1. The van der Waals surface area contributed by atoms with E-state index in [1.807, 2.05) is 24.4 Å². The number of hydrogen-bond acceptors (Lipinski definition) is 2. The number of allylic oxidation sites excluding steroid dienone is 2. The molecule has 1 heterocycles. The second kappa shape index (κ2) is 4.26. The van der Waals surface area contributed by atoms with E-state index in [-0.39, 0.29) is 11.2 Å². The van der Waals surface area contributed by atoms with Gasteiger partial charge in [-0.15, -0.1) is 0 Å². The minimum atomic E-state index is -0.372. The van der Waals surface area contributed by atoms with Gasteiger partial charge in [-0.2, -0.15) is 0 Å². The average Bonchev–Trinajstić information content (AvgIpc) is 3.03. The third-order valence-corrected chi connectivity index (χ3v) is 4.41. The number of rotatable bonds is 1. The molecule has 4 rings (SSSR count). The van der Waals surface area contributed by atoms with Gasteiger partial charge in [0.05, 0.1) is 11.1 Å². The Labute approximate surface area is 123 Å². The Morgan fingerprint density at radius 2 is 1.81 bits per heavy atom. The van der Waals surface area contributed by atoms with Crippen molar-refractivity contribution in [2.75, 3.05) is 0 Å². The Balaban J connectivity index is 1.91. The predicted molar refractivity (Wildman–Crippen MR) is 85.1 cm³/mol. The maximum Gasteiger partial charge on any atom is 0.157 e. The maximum absolute atomic E-state index is 12.1. The summed E-state index contributed by atoms with van der Waals surface area (Å²) in [6, 6.07) is 16.5. The number of carbonyl (C=O) groups is 1. The summed E-state index contributed by atoms with van der Waals surface area (Å²) in [6.07, 6.45) is 4.23. The second-order valence-corrected chi connectivity index (χ2v) is 5.81. The molecule has 1 unspecified atom stereocenters. The molecule has 0 saturated heterocycles. The van der Waals surface area contributed by atoms with Crippen molar-refractivity contribution in [3.8, 4) is 0 Å². The van der Waals surface area contributed by atoms with E-state index < -0.39 is 0 Å². The van der Waals surface area contributed by atoms with Crippen LogP contribution in [0.5, 0.6) is 0 Å². The van der Waals surface area contributed by atoms with Crippen molar-refractivity contribution < 1.29 is 4.79 Å². The summed E-state index contributed by atoms with van der Waals surface area (Å²) >= 11 is 0. The normalized spacial score (nSPS) is 22.7. The molecular formula is C19H15NO. The summed E-state index contributed by atoms with van der Waals surface area (Å²) in [4.78, 5) is 16.7. The van der Waals surface area contributed by atoms with E-state index in [4.69, 9.17) is 0 Å². The van der Waals surface area contributed by atoms with Crippen LogP contribution in [0.3, 0.4) is 0 Å². The Kier molecular flexibility index (Phi) is 2.49. The maximum atomic E-state index is 12.1. The highest BCUT2D eigenvalue weighted by atomic mass is 16.1. The topological polar surface area (TPSA) is 29.4 Å².